The Morgan fingerprint density at radius 1 is 1.14 bits per heavy atom. The van der Waals surface area contributed by atoms with Gasteiger partial charge in [0, 0.05) is 0 Å². The average molecular weight is 222 g/mol. The zero-order valence-electron chi connectivity index (χ0n) is 6.41. The predicted octanol–water partition coefficient (Wildman–Crippen LogP) is 2.51. The summed E-state index contributed by atoms with van der Waals surface area (Å²) in [5.74, 6) is -2.43. The first-order valence-electron chi connectivity index (χ1n) is 3.11. The maximum atomic E-state index is 11.7. The van der Waals surface area contributed by atoms with Crippen LogP contribution in [0.1, 0.15) is 6.42 Å². The molecule has 0 aromatic carbocycles. The van der Waals surface area contributed by atoms with Crippen molar-refractivity contribution in [3.8, 4) is 0 Å². The molecule has 0 saturated heterocycles. The van der Waals surface area contributed by atoms with Gasteiger partial charge in [-0.15, -0.1) is 0 Å². The van der Waals surface area contributed by atoms with Crippen LogP contribution in [-0.2, 0) is 4.79 Å². The van der Waals surface area contributed by atoms with E-state index < -0.39 is 36.4 Å². The maximum Gasteiger partial charge on any atom is 0.423 e. The predicted molar refractivity (Wildman–Crippen MR) is 32.4 cm³/mol. The van der Waals surface area contributed by atoms with E-state index in [0.717, 1.165) is 0 Å². The molecule has 0 aliphatic rings. The van der Waals surface area contributed by atoms with Gasteiger partial charge in [0.2, 0.25) is 0 Å². The number of allylic oxidation sites excluding steroid dienone is 1. The second kappa shape index (κ2) is 3.89. The van der Waals surface area contributed by atoms with E-state index >= 15 is 0 Å². The minimum atomic E-state index is -5.28. The summed E-state index contributed by atoms with van der Waals surface area (Å²) in [6, 6.07) is 0. The molecule has 0 radical (unpaired) electrons. The molecule has 0 fully saturated rings. The van der Waals surface area contributed by atoms with E-state index in [4.69, 9.17) is 5.11 Å². The zero-order valence-corrected chi connectivity index (χ0v) is 6.41. The van der Waals surface area contributed by atoms with Gasteiger partial charge >= 0.3 is 18.3 Å². The van der Waals surface area contributed by atoms with E-state index in [1.54, 1.807) is 0 Å². The van der Waals surface area contributed by atoms with E-state index in [0.29, 0.717) is 0 Å². The molecule has 0 aliphatic heterocycles. The molecule has 0 saturated carbocycles. The molecular weight excluding hydrogens is 218 g/mol. The number of hydrogen-bond acceptors (Lipinski definition) is 1. The largest absolute Gasteiger partial charge is 0.478 e. The smallest absolute Gasteiger partial charge is 0.423 e. The highest BCUT2D eigenvalue weighted by atomic mass is 19.4. The third-order valence-electron chi connectivity index (χ3n) is 1.07. The summed E-state index contributed by atoms with van der Waals surface area (Å²) in [5.41, 5.74) is -2.21. The Balaban J connectivity index is 4.78. The normalized spacial score (nSPS) is 14.3. The van der Waals surface area contributed by atoms with Gasteiger partial charge in [0.15, 0.2) is 0 Å². The standard InChI is InChI=1S/C6H4F6O2/c7-5(8,9)2-1-3(4(13)14)6(10,11)12/h1H,2H2,(H,13,14)/b3-1+. The molecule has 0 bridgehead atoms. The van der Waals surface area contributed by atoms with Crippen LogP contribution in [0.4, 0.5) is 26.3 Å². The minimum absolute atomic E-state index is 0.400. The number of carboxylic acid groups (broad SMARTS) is 1. The molecular formula is C6H4F6O2. The summed E-state index contributed by atoms with van der Waals surface area (Å²) < 4.78 is 69.6. The van der Waals surface area contributed by atoms with Crippen molar-refractivity contribution in [1.82, 2.24) is 0 Å². The lowest BCUT2D eigenvalue weighted by Crippen LogP contribution is -2.20. The van der Waals surface area contributed by atoms with Gasteiger partial charge in [-0.2, -0.15) is 26.3 Å². The fourth-order valence-electron chi connectivity index (χ4n) is 0.542. The number of rotatable bonds is 2. The average Bonchev–Trinajstić information content (AvgIpc) is 1.79. The first kappa shape index (κ1) is 12.8. The molecule has 0 aliphatic carbocycles. The van der Waals surface area contributed by atoms with Crippen molar-refractivity contribution in [1.29, 1.82) is 0 Å². The molecule has 14 heavy (non-hydrogen) atoms. The van der Waals surface area contributed by atoms with Gasteiger partial charge in [-0.1, -0.05) is 6.08 Å². The monoisotopic (exact) mass is 222 g/mol. The van der Waals surface area contributed by atoms with Gasteiger partial charge in [-0.3, -0.25) is 0 Å². The Hall–Kier alpha value is -1.21. The molecule has 82 valence electrons. The third-order valence-corrected chi connectivity index (χ3v) is 1.07. The van der Waals surface area contributed by atoms with E-state index in [1.807, 2.05) is 0 Å². The summed E-state index contributed by atoms with van der Waals surface area (Å²) >= 11 is 0. The number of hydrogen-bond donors (Lipinski definition) is 1. The first-order chi connectivity index (χ1) is 6.04. The van der Waals surface area contributed by atoms with Crippen LogP contribution in [0.25, 0.3) is 0 Å². The van der Waals surface area contributed by atoms with Crippen LogP contribution in [0.15, 0.2) is 11.6 Å². The van der Waals surface area contributed by atoms with Crippen molar-refractivity contribution < 1.29 is 36.2 Å². The highest BCUT2D eigenvalue weighted by Crippen LogP contribution is 2.28. The number of alkyl halides is 6. The van der Waals surface area contributed by atoms with Crippen LogP contribution in [0.3, 0.4) is 0 Å². The van der Waals surface area contributed by atoms with E-state index in [2.05, 4.69) is 0 Å². The molecule has 0 heterocycles. The van der Waals surface area contributed by atoms with E-state index in [-0.39, 0.29) is 0 Å². The van der Waals surface area contributed by atoms with Gasteiger partial charge in [-0.05, 0) is 0 Å². The summed E-state index contributed by atoms with van der Waals surface area (Å²) in [4.78, 5) is 9.91. The minimum Gasteiger partial charge on any atom is -0.478 e. The summed E-state index contributed by atoms with van der Waals surface area (Å²) in [5, 5.41) is 7.95. The zero-order chi connectivity index (χ0) is 11.6. The Bertz CT molecular complexity index is 248. The quantitative estimate of drug-likeness (QED) is 0.575. The van der Waals surface area contributed by atoms with Crippen LogP contribution in [0.5, 0.6) is 0 Å². The molecule has 0 spiro atoms. The van der Waals surface area contributed by atoms with Crippen LogP contribution in [-0.4, -0.2) is 23.4 Å². The fourth-order valence-corrected chi connectivity index (χ4v) is 0.542. The number of halogens is 6. The van der Waals surface area contributed by atoms with Crippen molar-refractivity contribution in [2.45, 2.75) is 18.8 Å². The fraction of sp³-hybridized carbons (Fsp3) is 0.500. The van der Waals surface area contributed by atoms with Crippen molar-refractivity contribution in [3.63, 3.8) is 0 Å². The SMILES string of the molecule is O=C(O)/C(=C\CC(F)(F)F)C(F)(F)F. The molecule has 0 unspecified atom stereocenters. The van der Waals surface area contributed by atoms with Gasteiger partial charge in [0.1, 0.15) is 5.57 Å². The molecule has 0 aromatic rings. The van der Waals surface area contributed by atoms with Gasteiger partial charge in [0.05, 0.1) is 6.42 Å². The number of aliphatic carboxylic acids is 1. The van der Waals surface area contributed by atoms with Crippen LogP contribution < -0.4 is 0 Å². The highest BCUT2D eigenvalue weighted by Gasteiger charge is 2.39. The van der Waals surface area contributed by atoms with Gasteiger partial charge in [-0.25, -0.2) is 4.79 Å². The van der Waals surface area contributed by atoms with Crippen LogP contribution >= 0.6 is 0 Å². The Morgan fingerprint density at radius 2 is 1.57 bits per heavy atom. The van der Waals surface area contributed by atoms with Gasteiger partial charge in [0.25, 0.3) is 0 Å². The molecule has 8 heteroatoms. The second-order valence-electron chi connectivity index (χ2n) is 2.24. The molecule has 2 nitrogen and oxygen atoms in total. The lowest BCUT2D eigenvalue weighted by molar-refractivity contribution is -0.145. The third kappa shape index (κ3) is 4.73. The molecule has 1 N–H and O–H groups in total. The van der Waals surface area contributed by atoms with E-state index in [9.17, 15) is 31.1 Å². The Kier molecular flexibility index (Phi) is 3.55. The maximum absolute atomic E-state index is 11.7. The lowest BCUT2D eigenvalue weighted by Gasteiger charge is -2.07. The van der Waals surface area contributed by atoms with Crippen LogP contribution in [0, 0.1) is 0 Å². The topological polar surface area (TPSA) is 37.3 Å². The molecule has 0 aromatic heterocycles. The van der Waals surface area contributed by atoms with Crippen molar-refractivity contribution in [2.24, 2.45) is 0 Å². The molecule has 0 amide bonds. The van der Waals surface area contributed by atoms with Crippen molar-refractivity contribution >= 4 is 5.97 Å². The summed E-state index contributed by atoms with van der Waals surface area (Å²) in [7, 11) is 0. The highest BCUT2D eigenvalue weighted by molar-refractivity contribution is 5.88. The second-order valence-corrected chi connectivity index (χ2v) is 2.24. The molecule has 0 rings (SSSR count). The van der Waals surface area contributed by atoms with Crippen LogP contribution in [0.2, 0.25) is 0 Å². The van der Waals surface area contributed by atoms with Crippen molar-refractivity contribution in [3.05, 3.63) is 11.6 Å². The van der Waals surface area contributed by atoms with Crippen molar-refractivity contribution in [2.75, 3.05) is 0 Å². The van der Waals surface area contributed by atoms with E-state index in [1.165, 1.54) is 0 Å². The molecule has 0 atom stereocenters. The summed E-state index contributed by atoms with van der Waals surface area (Å²) in [6.45, 7) is 0. The number of carboxylic acids is 1. The first-order valence-corrected chi connectivity index (χ1v) is 3.11. The summed E-state index contributed by atoms with van der Waals surface area (Å²) in [6.07, 6.45) is -12.5. The lowest BCUT2D eigenvalue weighted by atomic mass is 10.2. The van der Waals surface area contributed by atoms with Gasteiger partial charge < -0.3 is 5.11 Å². The Labute approximate surface area is 73.8 Å². The number of carbonyl (C=O) groups is 1. The Morgan fingerprint density at radius 3 is 1.79 bits per heavy atom.